The highest BCUT2D eigenvalue weighted by molar-refractivity contribution is 7.10. The largest absolute Gasteiger partial charge is 0.361 e. The van der Waals surface area contributed by atoms with Crippen molar-refractivity contribution in [1.29, 1.82) is 0 Å². The van der Waals surface area contributed by atoms with E-state index >= 15 is 0 Å². The maximum absolute atomic E-state index is 4.20. The Morgan fingerprint density at radius 2 is 2.06 bits per heavy atom. The van der Waals surface area contributed by atoms with Crippen LogP contribution in [0.1, 0.15) is 17.8 Å². The third-order valence-corrected chi connectivity index (χ3v) is 3.95. The van der Waals surface area contributed by atoms with Gasteiger partial charge >= 0.3 is 0 Å². The lowest BCUT2D eigenvalue weighted by Gasteiger charge is -2.13. The molecule has 1 unspecified atom stereocenters. The Bertz CT molecular complexity index is 644. The molecule has 3 aromatic rings. The van der Waals surface area contributed by atoms with Crippen molar-refractivity contribution in [2.24, 2.45) is 0 Å². The zero-order chi connectivity index (χ0) is 12.4. The molecule has 0 bridgehead atoms. The first kappa shape index (κ1) is 11.2. The highest BCUT2D eigenvalue weighted by Gasteiger charge is 2.09. The first-order chi connectivity index (χ1) is 8.84. The minimum atomic E-state index is 0.241. The number of rotatable bonds is 3. The van der Waals surface area contributed by atoms with Gasteiger partial charge < -0.3 is 5.32 Å². The number of hydrogen-bond donors (Lipinski definition) is 1. The summed E-state index contributed by atoms with van der Waals surface area (Å²) in [5.74, 6) is 0.842. The Balaban J connectivity index is 1.95. The minimum absolute atomic E-state index is 0.241. The number of fused-ring (bicyclic) bond motifs is 1. The van der Waals surface area contributed by atoms with E-state index in [2.05, 4.69) is 46.0 Å². The third-order valence-electron chi connectivity index (χ3n) is 2.89. The van der Waals surface area contributed by atoms with E-state index in [1.54, 1.807) is 17.5 Å². The van der Waals surface area contributed by atoms with Crippen LogP contribution in [0.5, 0.6) is 0 Å². The molecule has 4 heteroatoms. The third kappa shape index (κ3) is 2.07. The average molecular weight is 255 g/mol. The van der Waals surface area contributed by atoms with Gasteiger partial charge in [0.25, 0.3) is 0 Å². The van der Waals surface area contributed by atoms with Crippen LogP contribution in [0, 0.1) is 0 Å². The first-order valence-electron chi connectivity index (χ1n) is 5.85. The molecular weight excluding hydrogens is 242 g/mol. The van der Waals surface area contributed by atoms with Crippen molar-refractivity contribution in [1.82, 2.24) is 10.2 Å². The number of anilines is 1. The molecule has 0 saturated heterocycles. The molecule has 2 aromatic heterocycles. The molecule has 1 atom stereocenters. The van der Waals surface area contributed by atoms with Crippen LogP contribution >= 0.6 is 11.3 Å². The molecule has 0 amide bonds. The van der Waals surface area contributed by atoms with Crippen LogP contribution in [-0.2, 0) is 0 Å². The summed E-state index contributed by atoms with van der Waals surface area (Å²) in [6, 6.07) is 12.6. The summed E-state index contributed by atoms with van der Waals surface area (Å²) in [6.45, 7) is 2.13. The van der Waals surface area contributed by atoms with E-state index in [-0.39, 0.29) is 6.04 Å². The second-order valence-corrected chi connectivity index (χ2v) is 5.14. The quantitative estimate of drug-likeness (QED) is 0.772. The van der Waals surface area contributed by atoms with Gasteiger partial charge in [0.05, 0.1) is 12.2 Å². The zero-order valence-corrected chi connectivity index (χ0v) is 10.8. The fourth-order valence-corrected chi connectivity index (χ4v) is 2.68. The van der Waals surface area contributed by atoms with Crippen LogP contribution in [0.25, 0.3) is 10.8 Å². The van der Waals surface area contributed by atoms with Gasteiger partial charge in [-0.3, -0.25) is 0 Å². The predicted octanol–water partition coefficient (Wildman–Crippen LogP) is 3.86. The number of nitrogens with zero attached hydrogens (tertiary/aromatic N) is 2. The molecule has 0 saturated carbocycles. The van der Waals surface area contributed by atoms with Crippen LogP contribution in [0.2, 0.25) is 0 Å². The Morgan fingerprint density at radius 1 is 1.17 bits per heavy atom. The monoisotopic (exact) mass is 255 g/mol. The molecule has 0 spiro atoms. The first-order valence-corrected chi connectivity index (χ1v) is 6.73. The van der Waals surface area contributed by atoms with Crippen molar-refractivity contribution < 1.29 is 0 Å². The lowest BCUT2D eigenvalue weighted by atomic mass is 10.2. The summed E-state index contributed by atoms with van der Waals surface area (Å²) >= 11 is 1.74. The van der Waals surface area contributed by atoms with Crippen molar-refractivity contribution in [3.05, 3.63) is 52.9 Å². The summed E-state index contributed by atoms with van der Waals surface area (Å²) in [5.41, 5.74) is 0. The lowest BCUT2D eigenvalue weighted by Crippen LogP contribution is -2.07. The van der Waals surface area contributed by atoms with Crippen molar-refractivity contribution >= 4 is 27.9 Å². The van der Waals surface area contributed by atoms with Gasteiger partial charge in [0.1, 0.15) is 0 Å². The van der Waals surface area contributed by atoms with Gasteiger partial charge in [-0.2, -0.15) is 5.10 Å². The summed E-state index contributed by atoms with van der Waals surface area (Å²) in [7, 11) is 0. The van der Waals surface area contributed by atoms with E-state index in [0.717, 1.165) is 16.6 Å². The second-order valence-electron chi connectivity index (χ2n) is 4.16. The molecule has 2 heterocycles. The lowest BCUT2D eigenvalue weighted by molar-refractivity contribution is 0.885. The molecule has 0 aliphatic heterocycles. The predicted molar refractivity (Wildman–Crippen MR) is 75.9 cm³/mol. The standard InChI is InChI=1S/C14H13N3S/c1-10(13-7-4-8-18-13)16-14-12-6-3-2-5-11(12)9-15-17-14/h2-10H,1H3,(H,16,17). The highest BCUT2D eigenvalue weighted by atomic mass is 32.1. The molecule has 1 N–H and O–H groups in total. The van der Waals surface area contributed by atoms with Crippen molar-refractivity contribution in [3.63, 3.8) is 0 Å². The van der Waals surface area contributed by atoms with Gasteiger partial charge in [-0.25, -0.2) is 0 Å². The van der Waals surface area contributed by atoms with Crippen molar-refractivity contribution in [2.75, 3.05) is 5.32 Å². The highest BCUT2D eigenvalue weighted by Crippen LogP contribution is 2.26. The Hall–Kier alpha value is -1.94. The molecule has 90 valence electrons. The van der Waals surface area contributed by atoms with E-state index in [1.165, 1.54) is 4.88 Å². The molecule has 3 nitrogen and oxygen atoms in total. The fraction of sp³-hybridized carbons (Fsp3) is 0.143. The molecule has 0 aliphatic rings. The van der Waals surface area contributed by atoms with Crippen LogP contribution in [-0.4, -0.2) is 10.2 Å². The smallest absolute Gasteiger partial charge is 0.157 e. The topological polar surface area (TPSA) is 37.8 Å². The molecule has 3 rings (SSSR count). The van der Waals surface area contributed by atoms with Gasteiger partial charge in [0.2, 0.25) is 0 Å². The molecule has 0 radical (unpaired) electrons. The van der Waals surface area contributed by atoms with E-state index < -0.39 is 0 Å². The van der Waals surface area contributed by atoms with E-state index in [0.29, 0.717) is 0 Å². The van der Waals surface area contributed by atoms with Gasteiger partial charge in [0, 0.05) is 15.6 Å². The van der Waals surface area contributed by atoms with Crippen LogP contribution in [0.3, 0.4) is 0 Å². The molecule has 1 aromatic carbocycles. The normalized spacial score (nSPS) is 12.5. The fourth-order valence-electron chi connectivity index (χ4n) is 1.95. The Morgan fingerprint density at radius 3 is 2.89 bits per heavy atom. The summed E-state index contributed by atoms with van der Waals surface area (Å²) < 4.78 is 0. The summed E-state index contributed by atoms with van der Waals surface area (Å²) in [4.78, 5) is 1.30. The van der Waals surface area contributed by atoms with E-state index in [4.69, 9.17) is 0 Å². The van der Waals surface area contributed by atoms with E-state index in [9.17, 15) is 0 Å². The molecular formula is C14H13N3S. The van der Waals surface area contributed by atoms with Crippen LogP contribution in [0.4, 0.5) is 5.82 Å². The number of nitrogens with one attached hydrogen (secondary N) is 1. The van der Waals surface area contributed by atoms with Crippen LogP contribution in [0.15, 0.2) is 48.0 Å². The van der Waals surface area contributed by atoms with Crippen molar-refractivity contribution in [3.8, 4) is 0 Å². The summed E-state index contributed by atoms with van der Waals surface area (Å²) in [5, 5.41) is 16.0. The second kappa shape index (κ2) is 4.74. The molecule has 0 fully saturated rings. The number of benzene rings is 1. The van der Waals surface area contributed by atoms with Crippen molar-refractivity contribution in [2.45, 2.75) is 13.0 Å². The van der Waals surface area contributed by atoms with Gasteiger partial charge in [-0.1, -0.05) is 30.3 Å². The SMILES string of the molecule is CC(Nc1nncc2ccccc12)c1cccs1. The number of aromatic nitrogens is 2. The maximum atomic E-state index is 4.20. The number of hydrogen-bond acceptors (Lipinski definition) is 4. The van der Waals surface area contributed by atoms with E-state index in [1.807, 2.05) is 18.2 Å². The van der Waals surface area contributed by atoms with Gasteiger partial charge in [-0.15, -0.1) is 16.4 Å². The maximum Gasteiger partial charge on any atom is 0.157 e. The number of thiophene rings is 1. The molecule has 0 aliphatic carbocycles. The Kier molecular flexibility index (Phi) is 2.94. The minimum Gasteiger partial charge on any atom is -0.361 e. The Labute approximate surface area is 109 Å². The zero-order valence-electron chi connectivity index (χ0n) is 10.00. The van der Waals surface area contributed by atoms with Gasteiger partial charge in [0.15, 0.2) is 5.82 Å². The van der Waals surface area contributed by atoms with Gasteiger partial charge in [-0.05, 0) is 18.4 Å². The van der Waals surface area contributed by atoms with Crippen LogP contribution < -0.4 is 5.32 Å². The average Bonchev–Trinajstić information content (AvgIpc) is 2.93. The summed E-state index contributed by atoms with van der Waals surface area (Å²) in [6.07, 6.45) is 1.79. The molecule has 18 heavy (non-hydrogen) atoms.